The fraction of sp³-hybridized carbons (Fsp3) is 0.750. The molecule has 0 bridgehead atoms. The summed E-state index contributed by atoms with van der Waals surface area (Å²) in [6.07, 6.45) is 0.729. The lowest BCUT2D eigenvalue weighted by atomic mass is 9.88. The van der Waals surface area contributed by atoms with Crippen LogP contribution in [0.4, 0.5) is 0 Å². The Hall–Kier alpha value is -1.36. The number of aliphatic hydroxyl groups is 1. The van der Waals surface area contributed by atoms with Crippen LogP contribution in [0.3, 0.4) is 0 Å². The summed E-state index contributed by atoms with van der Waals surface area (Å²) in [4.78, 5) is 12.4. The average molecular weight is 295 g/mol. The number of nitrogens with one attached hydrogen (secondary N) is 1. The zero-order chi connectivity index (χ0) is 16.2. The quantitative estimate of drug-likeness (QED) is 0.847. The molecular weight excluding hydrogens is 266 g/mol. The van der Waals surface area contributed by atoms with Gasteiger partial charge in [-0.15, -0.1) is 0 Å². The predicted molar refractivity (Wildman–Crippen MR) is 84.4 cm³/mol. The van der Waals surface area contributed by atoms with Crippen LogP contribution in [0.2, 0.25) is 0 Å². The first-order valence-corrected chi connectivity index (χ1v) is 7.67. The van der Waals surface area contributed by atoms with Crippen molar-refractivity contribution in [2.45, 2.75) is 66.5 Å². The van der Waals surface area contributed by atoms with Crippen molar-refractivity contribution in [1.29, 1.82) is 0 Å². The maximum absolute atomic E-state index is 12.4. The Balaban J connectivity index is 2.87. The summed E-state index contributed by atoms with van der Waals surface area (Å²) in [5.74, 6) is 0.118. The summed E-state index contributed by atoms with van der Waals surface area (Å²) >= 11 is 0. The van der Waals surface area contributed by atoms with Crippen LogP contribution in [0.5, 0.6) is 0 Å². The van der Waals surface area contributed by atoms with Gasteiger partial charge >= 0.3 is 0 Å². The fourth-order valence-corrected chi connectivity index (χ4v) is 2.30. The van der Waals surface area contributed by atoms with E-state index in [9.17, 15) is 9.90 Å². The maximum atomic E-state index is 12.4. The summed E-state index contributed by atoms with van der Waals surface area (Å²) in [5, 5.41) is 16.8. The molecule has 1 heterocycles. The summed E-state index contributed by atoms with van der Waals surface area (Å²) in [6.45, 7) is 12.9. The Morgan fingerprint density at radius 2 is 2.05 bits per heavy atom. The number of rotatable bonds is 6. The third-order valence-corrected chi connectivity index (χ3v) is 3.34. The summed E-state index contributed by atoms with van der Waals surface area (Å²) in [7, 11) is 0. The number of carbonyl (C=O) groups is 1. The topological polar surface area (TPSA) is 67.2 Å². The van der Waals surface area contributed by atoms with Crippen molar-refractivity contribution in [2.24, 2.45) is 5.41 Å². The van der Waals surface area contributed by atoms with Gasteiger partial charge in [-0.3, -0.25) is 9.48 Å². The van der Waals surface area contributed by atoms with Crippen molar-refractivity contribution in [3.63, 3.8) is 0 Å². The van der Waals surface area contributed by atoms with E-state index in [-0.39, 0.29) is 29.9 Å². The summed E-state index contributed by atoms with van der Waals surface area (Å²) in [5.41, 5.74) is 1.53. The summed E-state index contributed by atoms with van der Waals surface area (Å²) < 4.78 is 1.72. The Labute approximate surface area is 127 Å². The number of hydrogen-bond donors (Lipinski definition) is 2. The Bertz CT molecular complexity index is 472. The molecule has 0 radical (unpaired) electrons. The molecule has 0 aliphatic carbocycles. The van der Waals surface area contributed by atoms with Crippen molar-refractivity contribution in [2.75, 3.05) is 6.61 Å². The van der Waals surface area contributed by atoms with Gasteiger partial charge in [-0.1, -0.05) is 34.6 Å². The Morgan fingerprint density at radius 1 is 1.43 bits per heavy atom. The molecule has 0 spiro atoms. The third-order valence-electron chi connectivity index (χ3n) is 3.34. The van der Waals surface area contributed by atoms with Crippen LogP contribution in [0.25, 0.3) is 0 Å². The molecule has 0 saturated carbocycles. The van der Waals surface area contributed by atoms with E-state index in [1.165, 1.54) is 0 Å². The maximum Gasteiger partial charge on any atom is 0.269 e. The second kappa shape index (κ2) is 7.07. The number of nitrogens with zero attached hydrogens (tertiary/aromatic N) is 2. The van der Waals surface area contributed by atoms with E-state index in [2.05, 4.69) is 45.0 Å². The first-order chi connectivity index (χ1) is 9.67. The van der Waals surface area contributed by atoms with Crippen LogP contribution < -0.4 is 5.32 Å². The molecule has 0 aromatic carbocycles. The minimum absolute atomic E-state index is 0.0504. The highest BCUT2D eigenvalue weighted by molar-refractivity contribution is 5.92. The molecule has 2 N–H and O–H groups in total. The van der Waals surface area contributed by atoms with E-state index in [1.54, 1.807) is 4.68 Å². The van der Waals surface area contributed by atoms with Gasteiger partial charge in [0.15, 0.2) is 0 Å². The zero-order valence-corrected chi connectivity index (χ0v) is 14.1. The van der Waals surface area contributed by atoms with Crippen molar-refractivity contribution in [3.8, 4) is 0 Å². The molecule has 1 aromatic rings. The number of aromatic nitrogens is 2. The fourth-order valence-electron chi connectivity index (χ4n) is 2.30. The van der Waals surface area contributed by atoms with Crippen molar-refractivity contribution < 1.29 is 9.90 Å². The number of aryl methyl sites for hydroxylation is 1. The second-order valence-corrected chi connectivity index (χ2v) is 7.04. The van der Waals surface area contributed by atoms with Crippen LogP contribution in [0, 0.1) is 5.41 Å². The molecule has 21 heavy (non-hydrogen) atoms. The Kier molecular flexibility index (Phi) is 5.96. The van der Waals surface area contributed by atoms with Crippen LogP contribution in [0.1, 0.15) is 70.1 Å². The molecule has 1 atom stereocenters. The van der Waals surface area contributed by atoms with Gasteiger partial charge in [-0.05, 0) is 30.7 Å². The lowest BCUT2D eigenvalue weighted by Gasteiger charge is -2.25. The minimum Gasteiger partial charge on any atom is -0.394 e. The SMILES string of the molecule is CCn1nc(C(C)C)cc1C(=O)NC(CO)CC(C)(C)C. The van der Waals surface area contributed by atoms with E-state index in [0.29, 0.717) is 12.2 Å². The van der Waals surface area contributed by atoms with Gasteiger partial charge in [0, 0.05) is 6.54 Å². The highest BCUT2D eigenvalue weighted by Gasteiger charge is 2.22. The molecule has 0 aliphatic heterocycles. The van der Waals surface area contributed by atoms with Gasteiger partial charge in [0.05, 0.1) is 18.3 Å². The molecular formula is C16H29N3O2. The molecule has 120 valence electrons. The zero-order valence-electron chi connectivity index (χ0n) is 14.1. The largest absolute Gasteiger partial charge is 0.394 e. The van der Waals surface area contributed by atoms with E-state index < -0.39 is 0 Å². The highest BCUT2D eigenvalue weighted by atomic mass is 16.3. The number of carbonyl (C=O) groups excluding carboxylic acids is 1. The molecule has 0 fully saturated rings. The molecule has 5 nitrogen and oxygen atoms in total. The van der Waals surface area contributed by atoms with Crippen molar-refractivity contribution in [3.05, 3.63) is 17.5 Å². The number of hydrogen-bond acceptors (Lipinski definition) is 3. The Morgan fingerprint density at radius 3 is 2.48 bits per heavy atom. The standard InChI is InChI=1S/C16H29N3O2/c1-7-19-14(8-13(18-19)11(2)3)15(21)17-12(10-20)9-16(4,5)6/h8,11-12,20H,7,9-10H2,1-6H3,(H,17,21). The van der Waals surface area contributed by atoms with Gasteiger partial charge < -0.3 is 10.4 Å². The third kappa shape index (κ3) is 5.16. The predicted octanol–water partition coefficient (Wildman–Crippen LogP) is 2.55. The van der Waals surface area contributed by atoms with Gasteiger partial charge in [0.25, 0.3) is 5.91 Å². The van der Waals surface area contributed by atoms with Gasteiger partial charge in [0.1, 0.15) is 5.69 Å². The van der Waals surface area contributed by atoms with E-state index >= 15 is 0 Å². The van der Waals surface area contributed by atoms with E-state index in [4.69, 9.17) is 0 Å². The van der Waals surface area contributed by atoms with E-state index in [1.807, 2.05) is 13.0 Å². The molecule has 1 amide bonds. The smallest absolute Gasteiger partial charge is 0.269 e. The first-order valence-electron chi connectivity index (χ1n) is 7.67. The normalized spacial score (nSPS) is 13.5. The van der Waals surface area contributed by atoms with Crippen LogP contribution in [0.15, 0.2) is 6.07 Å². The number of amides is 1. The van der Waals surface area contributed by atoms with Crippen molar-refractivity contribution >= 4 is 5.91 Å². The molecule has 0 saturated heterocycles. The van der Waals surface area contributed by atoms with Crippen LogP contribution in [-0.4, -0.2) is 33.4 Å². The van der Waals surface area contributed by atoms with E-state index in [0.717, 1.165) is 12.1 Å². The molecule has 0 aliphatic rings. The molecule has 1 aromatic heterocycles. The lowest BCUT2D eigenvalue weighted by Crippen LogP contribution is -2.40. The number of aliphatic hydroxyl groups excluding tert-OH is 1. The van der Waals surface area contributed by atoms with Crippen LogP contribution in [-0.2, 0) is 6.54 Å². The lowest BCUT2D eigenvalue weighted by molar-refractivity contribution is 0.0887. The molecule has 1 rings (SSSR count). The monoisotopic (exact) mass is 295 g/mol. The van der Waals surface area contributed by atoms with Gasteiger partial charge in [-0.2, -0.15) is 5.10 Å². The summed E-state index contributed by atoms with van der Waals surface area (Å²) in [6, 6.07) is 1.61. The van der Waals surface area contributed by atoms with Crippen LogP contribution >= 0.6 is 0 Å². The second-order valence-electron chi connectivity index (χ2n) is 7.04. The average Bonchev–Trinajstić information content (AvgIpc) is 2.80. The highest BCUT2D eigenvalue weighted by Crippen LogP contribution is 2.21. The molecule has 1 unspecified atom stereocenters. The minimum atomic E-state index is -0.236. The first kappa shape index (κ1) is 17.7. The van der Waals surface area contributed by atoms with Gasteiger partial charge in [-0.25, -0.2) is 0 Å². The van der Waals surface area contributed by atoms with Gasteiger partial charge in [0.2, 0.25) is 0 Å². The molecule has 5 heteroatoms. The van der Waals surface area contributed by atoms with Crippen molar-refractivity contribution in [1.82, 2.24) is 15.1 Å².